The Balaban J connectivity index is 2.03. The summed E-state index contributed by atoms with van der Waals surface area (Å²) in [6.45, 7) is 1.35. The number of benzene rings is 1. The van der Waals surface area contributed by atoms with E-state index in [1.807, 2.05) is 37.2 Å². The van der Waals surface area contributed by atoms with Crippen molar-refractivity contribution in [2.75, 3.05) is 20.6 Å². The van der Waals surface area contributed by atoms with Crippen molar-refractivity contribution in [3.8, 4) is 17.0 Å². The van der Waals surface area contributed by atoms with E-state index >= 15 is 0 Å². The van der Waals surface area contributed by atoms with E-state index in [0.29, 0.717) is 24.9 Å². The monoisotopic (exact) mass is 477 g/mol. The summed E-state index contributed by atoms with van der Waals surface area (Å²) in [6, 6.07) is 7.41. The molecule has 0 radical (unpaired) electrons. The zero-order chi connectivity index (χ0) is 24.8. The molecule has 180 valence electrons. The zero-order valence-corrected chi connectivity index (χ0v) is 18.5. The largest absolute Gasteiger partial charge is 0.491 e. The highest BCUT2D eigenvalue weighted by atomic mass is 19.4. The molecule has 0 atom stereocenters. The van der Waals surface area contributed by atoms with Crippen LogP contribution >= 0.6 is 0 Å². The minimum atomic E-state index is -5.36. The Morgan fingerprint density at radius 3 is 2.56 bits per heavy atom. The van der Waals surface area contributed by atoms with E-state index in [1.165, 1.54) is 0 Å². The quantitative estimate of drug-likeness (QED) is 0.547. The summed E-state index contributed by atoms with van der Waals surface area (Å²) in [7, 11) is 3.87. The summed E-state index contributed by atoms with van der Waals surface area (Å²) in [6.07, 6.45) is -4.27. The molecule has 4 rings (SSSR count). The summed E-state index contributed by atoms with van der Waals surface area (Å²) in [5, 5.41) is 10.3. The minimum Gasteiger partial charge on any atom is -0.477 e. The Morgan fingerprint density at radius 1 is 1.21 bits per heavy atom. The maximum atomic E-state index is 13.0. The van der Waals surface area contributed by atoms with Gasteiger partial charge in [-0.2, -0.15) is 13.2 Å². The van der Waals surface area contributed by atoms with E-state index in [2.05, 4.69) is 14.3 Å². The fourth-order valence-electron chi connectivity index (χ4n) is 4.41. The molecule has 0 unspecified atom stereocenters. The number of carboxylic acids is 1. The van der Waals surface area contributed by atoms with Gasteiger partial charge in [0.05, 0.1) is 5.69 Å². The van der Waals surface area contributed by atoms with Crippen LogP contribution in [0.5, 0.6) is 5.75 Å². The summed E-state index contributed by atoms with van der Waals surface area (Å²) in [5.74, 6) is -5.22. The molecule has 1 aromatic carbocycles. The Labute approximate surface area is 191 Å². The van der Waals surface area contributed by atoms with Crippen molar-refractivity contribution in [3.05, 3.63) is 51.4 Å². The van der Waals surface area contributed by atoms with E-state index < -0.39 is 35.0 Å². The number of carbonyl (C=O) groups excluding carboxylic acids is 1. The number of halogens is 3. The van der Waals surface area contributed by atoms with Crippen LogP contribution in [0.3, 0.4) is 0 Å². The van der Waals surface area contributed by atoms with E-state index in [-0.39, 0.29) is 17.7 Å². The van der Waals surface area contributed by atoms with Gasteiger partial charge in [-0.15, -0.1) is 0 Å². The van der Waals surface area contributed by atoms with E-state index in [0.717, 1.165) is 23.1 Å². The molecule has 0 bridgehead atoms. The number of H-pyrrole nitrogens is 1. The Bertz CT molecular complexity index is 1350. The van der Waals surface area contributed by atoms with Gasteiger partial charge < -0.3 is 24.3 Å². The molecule has 2 aromatic heterocycles. The van der Waals surface area contributed by atoms with Crippen LogP contribution in [-0.4, -0.2) is 58.3 Å². The molecule has 3 aromatic rings. The first-order chi connectivity index (χ1) is 16.0. The van der Waals surface area contributed by atoms with Crippen molar-refractivity contribution < 1.29 is 32.6 Å². The van der Waals surface area contributed by atoms with Gasteiger partial charge in [0.25, 0.3) is 5.56 Å². The first-order valence-corrected chi connectivity index (χ1v) is 10.6. The Hall–Kier alpha value is -3.60. The molecule has 8 nitrogen and oxygen atoms in total. The fourth-order valence-corrected chi connectivity index (χ4v) is 4.41. The SMILES string of the molecule is CN(C)CCn1c2c(c3ccccc31)-c1[nH]c(=O)c(C(=O)O)c(OC(=O)C(F)(F)F)c1CCC2. The van der Waals surface area contributed by atoms with Crippen molar-refractivity contribution >= 4 is 22.8 Å². The van der Waals surface area contributed by atoms with Gasteiger partial charge >= 0.3 is 18.1 Å². The first kappa shape index (κ1) is 23.6. The van der Waals surface area contributed by atoms with Crippen LogP contribution in [-0.2, 0) is 24.2 Å². The summed E-state index contributed by atoms with van der Waals surface area (Å²) in [4.78, 5) is 40.7. The number of aromatic nitrogens is 2. The van der Waals surface area contributed by atoms with Crippen LogP contribution in [0, 0.1) is 0 Å². The Kier molecular flexibility index (Phi) is 5.98. The molecule has 2 N–H and O–H groups in total. The molecule has 11 heteroatoms. The van der Waals surface area contributed by atoms with Crippen LogP contribution < -0.4 is 10.3 Å². The number of alkyl halides is 3. The standard InChI is InChI=1S/C23H22F3N3O5/c1-28(2)10-11-29-14-8-4-3-6-12(14)16-15(29)9-5-7-13-18(16)27-20(30)17(21(31)32)19(13)34-22(33)23(24,25)26/h3-4,6,8H,5,7,9-11H2,1-2H3,(H,27,30)(H,31,32). The fraction of sp³-hybridized carbons (Fsp3) is 0.348. The van der Waals surface area contributed by atoms with E-state index in [1.54, 1.807) is 6.07 Å². The second-order valence-corrected chi connectivity index (χ2v) is 8.35. The van der Waals surface area contributed by atoms with Gasteiger partial charge in [0.2, 0.25) is 0 Å². The smallest absolute Gasteiger partial charge is 0.477 e. The number of nitrogens with zero attached hydrogens (tertiary/aromatic N) is 2. The molecular weight excluding hydrogens is 455 g/mol. The van der Waals surface area contributed by atoms with Crippen molar-refractivity contribution in [2.45, 2.75) is 32.0 Å². The summed E-state index contributed by atoms with van der Waals surface area (Å²) in [5.41, 5.74) is 0.398. The molecule has 0 saturated heterocycles. The molecule has 34 heavy (non-hydrogen) atoms. The average molecular weight is 477 g/mol. The molecule has 0 aliphatic heterocycles. The highest BCUT2D eigenvalue weighted by molar-refractivity contribution is 6.00. The van der Waals surface area contributed by atoms with Crippen LogP contribution in [0.1, 0.15) is 28.0 Å². The van der Waals surface area contributed by atoms with Crippen LogP contribution in [0.4, 0.5) is 13.2 Å². The topological polar surface area (TPSA) is 105 Å². The molecule has 1 aliphatic carbocycles. The Morgan fingerprint density at radius 2 is 1.91 bits per heavy atom. The average Bonchev–Trinajstić information content (AvgIpc) is 2.92. The first-order valence-electron chi connectivity index (χ1n) is 10.6. The number of hydrogen-bond acceptors (Lipinski definition) is 5. The van der Waals surface area contributed by atoms with Crippen molar-refractivity contribution in [2.24, 2.45) is 0 Å². The second kappa shape index (κ2) is 8.64. The summed E-state index contributed by atoms with van der Waals surface area (Å²) >= 11 is 0. The lowest BCUT2D eigenvalue weighted by atomic mass is 10.00. The van der Waals surface area contributed by atoms with Crippen LogP contribution in [0.15, 0.2) is 29.1 Å². The van der Waals surface area contributed by atoms with Crippen LogP contribution in [0.25, 0.3) is 22.2 Å². The second-order valence-electron chi connectivity index (χ2n) is 8.35. The van der Waals surface area contributed by atoms with Gasteiger partial charge in [0.1, 0.15) is 0 Å². The molecule has 2 heterocycles. The number of ether oxygens (including phenoxy) is 1. The molecule has 1 aliphatic rings. The van der Waals surface area contributed by atoms with E-state index in [4.69, 9.17) is 0 Å². The predicted molar refractivity (Wildman–Crippen MR) is 117 cm³/mol. The van der Waals surface area contributed by atoms with E-state index in [9.17, 15) is 32.7 Å². The number of aromatic carboxylic acids is 1. The number of fused-ring (bicyclic) bond motifs is 5. The van der Waals surface area contributed by atoms with Gasteiger partial charge in [-0.25, -0.2) is 9.59 Å². The van der Waals surface area contributed by atoms with Gasteiger partial charge in [0, 0.05) is 40.8 Å². The molecule has 0 spiro atoms. The van der Waals surface area contributed by atoms with Crippen molar-refractivity contribution in [1.82, 2.24) is 14.5 Å². The zero-order valence-electron chi connectivity index (χ0n) is 18.5. The molecule has 0 saturated carbocycles. The van der Waals surface area contributed by atoms with Crippen LogP contribution in [0.2, 0.25) is 0 Å². The number of likely N-dealkylation sites (N-methyl/N-ethyl adjacent to an activating group) is 1. The summed E-state index contributed by atoms with van der Waals surface area (Å²) < 4.78 is 45.5. The lowest BCUT2D eigenvalue weighted by Gasteiger charge is -2.16. The number of para-hydroxylation sites is 1. The number of rotatable bonds is 5. The number of nitrogens with one attached hydrogen (secondary N) is 1. The van der Waals surface area contributed by atoms with Gasteiger partial charge in [-0.3, -0.25) is 4.79 Å². The van der Waals surface area contributed by atoms with Gasteiger partial charge in [-0.05, 0) is 39.4 Å². The number of carboxylic acid groups (broad SMARTS) is 1. The normalized spacial score (nSPS) is 13.5. The highest BCUT2D eigenvalue weighted by Crippen LogP contribution is 2.42. The number of carbonyl (C=O) groups is 2. The number of aromatic amines is 1. The molecule has 0 amide bonds. The van der Waals surface area contributed by atoms with Gasteiger partial charge in [-0.1, -0.05) is 18.2 Å². The third-order valence-corrected chi connectivity index (χ3v) is 5.85. The highest BCUT2D eigenvalue weighted by Gasteiger charge is 2.43. The lowest BCUT2D eigenvalue weighted by Crippen LogP contribution is -2.31. The minimum absolute atomic E-state index is 0.0591. The lowest BCUT2D eigenvalue weighted by molar-refractivity contribution is -0.189. The number of pyridine rings is 1. The maximum Gasteiger partial charge on any atom is 0.491 e. The predicted octanol–water partition coefficient (Wildman–Crippen LogP) is 3.21. The third kappa shape index (κ3) is 4.07. The van der Waals surface area contributed by atoms with Gasteiger partial charge in [0.15, 0.2) is 11.3 Å². The molecule has 0 fully saturated rings. The van der Waals surface area contributed by atoms with Crippen molar-refractivity contribution in [3.63, 3.8) is 0 Å². The number of esters is 1. The number of hydrogen-bond donors (Lipinski definition) is 2. The van der Waals surface area contributed by atoms with Crippen molar-refractivity contribution in [1.29, 1.82) is 0 Å². The molecular formula is C23H22F3N3O5. The maximum absolute atomic E-state index is 13.0. The third-order valence-electron chi connectivity index (χ3n) is 5.85.